The van der Waals surface area contributed by atoms with Crippen LogP contribution in [0.25, 0.3) is 5.57 Å². The Morgan fingerprint density at radius 3 is 2.55 bits per heavy atom. The van der Waals surface area contributed by atoms with E-state index in [4.69, 9.17) is 9.37 Å². The van der Waals surface area contributed by atoms with Crippen LogP contribution in [0.1, 0.15) is 79.8 Å². The number of carbonyl (C=O) groups is 2. The highest BCUT2D eigenvalue weighted by molar-refractivity contribution is 6.24. The number of ether oxygens (including phenoxy) is 1. The molecule has 1 spiro atoms. The molecule has 42 heavy (non-hydrogen) atoms. The highest BCUT2D eigenvalue weighted by Crippen LogP contribution is 2.61. The normalized spacial score (nSPS) is 19.3. The molecule has 0 bridgehead atoms. The summed E-state index contributed by atoms with van der Waals surface area (Å²) >= 11 is 0. The number of hydrogen-bond donors (Lipinski definition) is 2. The van der Waals surface area contributed by atoms with Gasteiger partial charge in [0.2, 0.25) is 5.91 Å². The van der Waals surface area contributed by atoms with Gasteiger partial charge in [0.15, 0.2) is 17.3 Å². The van der Waals surface area contributed by atoms with Crippen LogP contribution in [0, 0.1) is 17.0 Å². The van der Waals surface area contributed by atoms with Crippen LogP contribution in [-0.4, -0.2) is 52.0 Å². The number of pyridine rings is 1. The van der Waals surface area contributed by atoms with E-state index in [2.05, 4.69) is 30.9 Å². The van der Waals surface area contributed by atoms with Gasteiger partial charge in [-0.05, 0) is 55.6 Å². The van der Waals surface area contributed by atoms with Crippen molar-refractivity contribution in [3.05, 3.63) is 70.3 Å². The SMILES string of the molecule is CC1=NCC(C)=C1c1ccc(NC(=O)[C@@H](NC(=O)c2nonc2C(C)C)C2c3cc(F)cc(F)c3OCC23CC3)cn1. The topological polar surface area (TPSA) is 132 Å². The summed E-state index contributed by atoms with van der Waals surface area (Å²) in [5.74, 6) is -4.02. The van der Waals surface area contributed by atoms with Crippen LogP contribution in [-0.2, 0) is 4.79 Å². The molecule has 1 unspecified atom stereocenters. The van der Waals surface area contributed by atoms with Crippen molar-refractivity contribution in [1.82, 2.24) is 20.6 Å². The van der Waals surface area contributed by atoms with Crippen molar-refractivity contribution in [2.45, 2.75) is 58.4 Å². The molecule has 1 fully saturated rings. The number of aliphatic imine (C=N–C) groups is 1. The molecule has 2 aliphatic heterocycles. The van der Waals surface area contributed by atoms with Crippen LogP contribution >= 0.6 is 0 Å². The highest BCUT2D eigenvalue weighted by atomic mass is 19.1. The van der Waals surface area contributed by atoms with Gasteiger partial charge in [0.05, 0.1) is 30.7 Å². The van der Waals surface area contributed by atoms with E-state index >= 15 is 0 Å². The van der Waals surface area contributed by atoms with Crippen LogP contribution in [0.2, 0.25) is 0 Å². The fourth-order valence-corrected chi connectivity index (χ4v) is 5.93. The Balaban J connectivity index is 1.36. The third kappa shape index (κ3) is 4.84. The van der Waals surface area contributed by atoms with Gasteiger partial charge in [-0.15, -0.1) is 0 Å². The molecule has 12 heteroatoms. The number of halogens is 2. The average molecular weight is 577 g/mol. The van der Waals surface area contributed by atoms with Gasteiger partial charge >= 0.3 is 0 Å². The second-order valence-corrected chi connectivity index (χ2v) is 11.5. The summed E-state index contributed by atoms with van der Waals surface area (Å²) in [5.41, 5.74) is 3.96. The minimum atomic E-state index is -1.24. The maximum absolute atomic E-state index is 14.8. The monoisotopic (exact) mass is 576 g/mol. The molecule has 3 aromatic rings. The maximum atomic E-state index is 14.8. The lowest BCUT2D eigenvalue weighted by Gasteiger charge is -2.38. The van der Waals surface area contributed by atoms with E-state index in [0.717, 1.165) is 28.6 Å². The number of aromatic nitrogens is 3. The molecule has 10 nitrogen and oxygen atoms in total. The predicted molar refractivity (Wildman–Crippen MR) is 149 cm³/mol. The molecule has 3 aliphatic rings. The van der Waals surface area contributed by atoms with Crippen molar-refractivity contribution < 1.29 is 27.7 Å². The van der Waals surface area contributed by atoms with E-state index in [-0.39, 0.29) is 29.5 Å². The molecule has 0 saturated heterocycles. The highest BCUT2D eigenvalue weighted by Gasteiger charge is 2.58. The first-order valence-corrected chi connectivity index (χ1v) is 13.8. The first-order chi connectivity index (χ1) is 20.1. The molecular formula is C30H30F2N6O4. The minimum absolute atomic E-state index is 0.0615. The third-order valence-electron chi connectivity index (χ3n) is 8.24. The standard InChI is InChI=1S/C30H30F2N6O4/c1-14(2)24-26(38-42-37-24)29(40)36-25(23-19-9-17(31)10-20(32)27(19)41-13-30(23)7-8-30)28(39)35-18-5-6-21(34-12-18)22-15(3)11-33-16(22)4/h5-6,9-10,12,14,23,25H,7-8,11,13H2,1-4H3,(H,35,39)(H,36,40)/t23?,25-/m0/s1. The van der Waals surface area contributed by atoms with Crippen molar-refractivity contribution in [3.63, 3.8) is 0 Å². The Morgan fingerprint density at radius 2 is 1.90 bits per heavy atom. The Morgan fingerprint density at radius 1 is 1.12 bits per heavy atom. The summed E-state index contributed by atoms with van der Waals surface area (Å²) in [6, 6.07) is 4.18. The second kappa shape index (κ2) is 10.4. The molecule has 1 aliphatic carbocycles. The second-order valence-electron chi connectivity index (χ2n) is 11.5. The molecule has 218 valence electrons. The quantitative estimate of drug-likeness (QED) is 0.413. The largest absolute Gasteiger partial charge is 0.490 e. The Labute approximate surface area is 240 Å². The van der Waals surface area contributed by atoms with Gasteiger partial charge in [-0.2, -0.15) is 0 Å². The van der Waals surface area contributed by atoms with Gasteiger partial charge in [-0.3, -0.25) is 19.6 Å². The molecule has 4 heterocycles. The summed E-state index contributed by atoms with van der Waals surface area (Å²) in [6.07, 6.45) is 2.84. The number of nitrogens with zero attached hydrogens (tertiary/aromatic N) is 4. The van der Waals surface area contributed by atoms with Crippen molar-refractivity contribution >= 4 is 28.8 Å². The Hall–Kier alpha value is -4.48. The van der Waals surface area contributed by atoms with Crippen LogP contribution in [0.15, 0.2) is 45.7 Å². The van der Waals surface area contributed by atoms with Crippen molar-refractivity contribution in [2.24, 2.45) is 10.4 Å². The zero-order valence-corrected chi connectivity index (χ0v) is 23.6. The smallest absolute Gasteiger partial charge is 0.276 e. The van der Waals surface area contributed by atoms with Gasteiger partial charge in [0, 0.05) is 40.2 Å². The van der Waals surface area contributed by atoms with E-state index in [1.165, 1.54) is 12.3 Å². The fourth-order valence-electron chi connectivity index (χ4n) is 5.93. The van der Waals surface area contributed by atoms with Crippen LogP contribution in [0.4, 0.5) is 14.5 Å². The van der Waals surface area contributed by atoms with E-state index in [1.54, 1.807) is 12.1 Å². The van der Waals surface area contributed by atoms with E-state index in [0.29, 0.717) is 30.8 Å². The number of nitrogens with one attached hydrogen (secondary N) is 2. The first kappa shape index (κ1) is 27.7. The Kier molecular flexibility index (Phi) is 6.86. The van der Waals surface area contributed by atoms with Gasteiger partial charge in [-0.25, -0.2) is 13.4 Å². The number of rotatable bonds is 7. The lowest BCUT2D eigenvalue weighted by molar-refractivity contribution is -0.119. The molecule has 6 rings (SSSR count). The zero-order chi connectivity index (χ0) is 29.8. The molecule has 2 N–H and O–H groups in total. The van der Waals surface area contributed by atoms with Crippen LogP contribution < -0.4 is 15.4 Å². The van der Waals surface area contributed by atoms with E-state index in [1.807, 2.05) is 27.7 Å². The maximum Gasteiger partial charge on any atom is 0.276 e. The molecule has 0 radical (unpaired) electrons. The summed E-state index contributed by atoms with van der Waals surface area (Å²) in [6.45, 7) is 8.33. The predicted octanol–water partition coefficient (Wildman–Crippen LogP) is 4.81. The summed E-state index contributed by atoms with van der Waals surface area (Å²) < 4.78 is 39.9. The molecule has 2 atom stereocenters. The van der Waals surface area contributed by atoms with Crippen LogP contribution in [0.5, 0.6) is 5.75 Å². The first-order valence-electron chi connectivity index (χ1n) is 13.8. The summed E-state index contributed by atoms with van der Waals surface area (Å²) in [5, 5.41) is 13.2. The Bertz CT molecular complexity index is 1640. The fraction of sp³-hybridized carbons (Fsp3) is 0.400. The van der Waals surface area contributed by atoms with Gasteiger partial charge in [-0.1, -0.05) is 19.0 Å². The molecule has 2 aromatic heterocycles. The van der Waals surface area contributed by atoms with Gasteiger partial charge in [0.25, 0.3) is 5.91 Å². The molecular weight excluding hydrogens is 546 g/mol. The number of allylic oxidation sites excluding steroid dienone is 1. The lowest BCUT2D eigenvalue weighted by atomic mass is 9.75. The molecule has 1 aromatic carbocycles. The third-order valence-corrected chi connectivity index (χ3v) is 8.24. The van der Waals surface area contributed by atoms with Gasteiger partial charge in [0.1, 0.15) is 17.6 Å². The number of carbonyl (C=O) groups excluding carboxylic acids is 2. The average Bonchev–Trinajstić information content (AvgIpc) is 3.36. The van der Waals surface area contributed by atoms with Crippen molar-refractivity contribution in [3.8, 4) is 5.75 Å². The molecule has 1 saturated carbocycles. The molecule has 2 amide bonds. The summed E-state index contributed by atoms with van der Waals surface area (Å²) in [4.78, 5) is 36.5. The number of benzene rings is 1. The number of fused-ring (bicyclic) bond motifs is 1. The summed E-state index contributed by atoms with van der Waals surface area (Å²) in [7, 11) is 0. The van der Waals surface area contributed by atoms with E-state index in [9.17, 15) is 18.4 Å². The number of anilines is 1. The number of hydrogen-bond acceptors (Lipinski definition) is 8. The van der Waals surface area contributed by atoms with Crippen molar-refractivity contribution in [2.75, 3.05) is 18.5 Å². The number of amides is 2. The van der Waals surface area contributed by atoms with Crippen molar-refractivity contribution in [1.29, 1.82) is 0 Å². The van der Waals surface area contributed by atoms with Crippen LogP contribution in [0.3, 0.4) is 0 Å². The van der Waals surface area contributed by atoms with E-state index < -0.39 is 40.8 Å². The van der Waals surface area contributed by atoms with Gasteiger partial charge < -0.3 is 15.4 Å². The minimum Gasteiger partial charge on any atom is -0.490 e. The lowest BCUT2D eigenvalue weighted by Crippen LogP contribution is -2.52. The zero-order valence-electron chi connectivity index (χ0n) is 23.6.